The molecule has 0 saturated carbocycles. The Morgan fingerprint density at radius 1 is 0.809 bits per heavy atom. The van der Waals surface area contributed by atoms with Gasteiger partial charge in [0.1, 0.15) is 12.0 Å². The minimum Gasteiger partial charge on any atom is -0.368 e. The summed E-state index contributed by atoms with van der Waals surface area (Å²) in [6.07, 6.45) is -0.867. The van der Waals surface area contributed by atoms with E-state index in [4.69, 9.17) is 0 Å². The van der Waals surface area contributed by atoms with Crippen molar-refractivity contribution in [3.8, 4) is 11.1 Å². The number of alkyl halides is 3. The second-order valence-electron chi connectivity index (χ2n) is 13.1. The molecular formula is C37H44F3N5O2. The molecule has 0 radical (unpaired) electrons. The predicted octanol–water partition coefficient (Wildman–Crippen LogP) is 5.45. The first kappa shape index (κ1) is 33.0. The van der Waals surface area contributed by atoms with Gasteiger partial charge in [-0.1, -0.05) is 67.1 Å². The number of piperazine rings is 1. The molecule has 2 amide bonds. The van der Waals surface area contributed by atoms with E-state index < -0.39 is 24.0 Å². The van der Waals surface area contributed by atoms with Crippen molar-refractivity contribution >= 4 is 17.5 Å². The monoisotopic (exact) mass is 647 g/mol. The number of likely N-dealkylation sites (N-methyl/N-ethyl adjacent to an activating group) is 1. The Labute approximate surface area is 275 Å². The lowest BCUT2D eigenvalue weighted by Crippen LogP contribution is -2.47. The summed E-state index contributed by atoms with van der Waals surface area (Å²) in [4.78, 5) is 34.1. The number of para-hydroxylation sites is 1. The lowest BCUT2D eigenvalue weighted by Gasteiger charge is -2.35. The number of hydrogen-bond donors (Lipinski definition) is 2. The van der Waals surface area contributed by atoms with Gasteiger partial charge in [0.15, 0.2) is 0 Å². The zero-order valence-corrected chi connectivity index (χ0v) is 27.0. The Kier molecular flexibility index (Phi) is 9.89. The van der Waals surface area contributed by atoms with Gasteiger partial charge in [-0.05, 0) is 73.7 Å². The summed E-state index contributed by atoms with van der Waals surface area (Å²) >= 11 is 0. The zero-order chi connectivity index (χ0) is 33.0. The highest BCUT2D eigenvalue weighted by Gasteiger charge is 2.49. The molecule has 250 valence electrons. The minimum absolute atomic E-state index is 0.0239. The third-order valence-corrected chi connectivity index (χ3v) is 10.1. The average molecular weight is 648 g/mol. The van der Waals surface area contributed by atoms with E-state index in [2.05, 4.69) is 32.4 Å². The lowest BCUT2D eigenvalue weighted by molar-refractivity contribution is -0.141. The normalized spacial score (nSPS) is 18.4. The maximum atomic E-state index is 13.7. The molecule has 7 nitrogen and oxygen atoms in total. The van der Waals surface area contributed by atoms with E-state index in [1.165, 1.54) is 0 Å². The molecule has 3 aliphatic rings. The van der Waals surface area contributed by atoms with Crippen molar-refractivity contribution < 1.29 is 22.8 Å². The molecule has 10 heteroatoms. The Morgan fingerprint density at radius 3 is 2.04 bits per heavy atom. The molecule has 2 fully saturated rings. The Morgan fingerprint density at radius 2 is 1.40 bits per heavy atom. The molecular weight excluding hydrogens is 603 g/mol. The number of fused-ring (bicyclic) bond motifs is 3. The van der Waals surface area contributed by atoms with Crippen molar-refractivity contribution in [3.05, 3.63) is 89.5 Å². The van der Waals surface area contributed by atoms with Crippen molar-refractivity contribution in [2.45, 2.75) is 49.7 Å². The number of anilines is 1. The summed E-state index contributed by atoms with van der Waals surface area (Å²) in [5.74, 6) is -0.623. The van der Waals surface area contributed by atoms with Gasteiger partial charge in [-0.2, -0.15) is 13.2 Å². The number of piperidine rings is 1. The molecule has 0 unspecified atom stereocenters. The molecule has 0 bridgehead atoms. The van der Waals surface area contributed by atoms with Gasteiger partial charge in [-0.25, -0.2) is 0 Å². The SMILES string of the molecule is CN1CCN(c2ccccc2C(=O)NC2CCN(CCCCC3(C(=O)NCC(F)(F)F)c4ccccc4-c4ccccc43)CC2)CC1. The number of carbonyl (C=O) groups is 2. The summed E-state index contributed by atoms with van der Waals surface area (Å²) in [5, 5.41) is 5.50. The first-order valence-corrected chi connectivity index (χ1v) is 16.8. The number of likely N-dealkylation sites (tertiary alicyclic amines) is 1. The highest BCUT2D eigenvalue weighted by atomic mass is 19.4. The quantitative estimate of drug-likeness (QED) is 0.287. The minimum atomic E-state index is -4.49. The number of rotatable bonds is 10. The van der Waals surface area contributed by atoms with Crippen LogP contribution >= 0.6 is 0 Å². The first-order chi connectivity index (χ1) is 22.7. The number of nitrogens with zero attached hydrogens (tertiary/aromatic N) is 3. The van der Waals surface area contributed by atoms with Crippen molar-refractivity contribution in [2.75, 3.05) is 64.3 Å². The Hall–Kier alpha value is -3.89. The lowest BCUT2D eigenvalue weighted by atomic mass is 9.73. The van der Waals surface area contributed by atoms with E-state index in [0.717, 1.165) is 98.6 Å². The Bertz CT molecular complexity index is 1520. The van der Waals surface area contributed by atoms with Gasteiger partial charge >= 0.3 is 6.18 Å². The smallest absolute Gasteiger partial charge is 0.368 e. The molecule has 1 aliphatic carbocycles. The fourth-order valence-electron chi connectivity index (χ4n) is 7.56. The number of benzene rings is 3. The molecule has 2 heterocycles. The predicted molar refractivity (Wildman–Crippen MR) is 179 cm³/mol. The summed E-state index contributed by atoms with van der Waals surface area (Å²) in [6.45, 7) is 4.93. The third kappa shape index (κ3) is 7.18. The van der Waals surface area contributed by atoms with Crippen LogP contribution in [-0.2, 0) is 10.2 Å². The third-order valence-electron chi connectivity index (χ3n) is 10.1. The van der Waals surface area contributed by atoms with Gasteiger partial charge in [0.25, 0.3) is 5.91 Å². The van der Waals surface area contributed by atoms with E-state index >= 15 is 0 Å². The molecule has 3 aromatic carbocycles. The van der Waals surface area contributed by atoms with Gasteiger partial charge in [-0.3, -0.25) is 9.59 Å². The van der Waals surface area contributed by atoms with Gasteiger partial charge in [0.2, 0.25) is 5.91 Å². The molecule has 0 spiro atoms. The molecule has 47 heavy (non-hydrogen) atoms. The van der Waals surface area contributed by atoms with Gasteiger partial charge in [0, 0.05) is 51.0 Å². The number of hydrogen-bond acceptors (Lipinski definition) is 5. The topological polar surface area (TPSA) is 67.9 Å². The summed E-state index contributed by atoms with van der Waals surface area (Å²) in [5.41, 5.74) is 3.89. The van der Waals surface area contributed by atoms with Crippen molar-refractivity contribution in [1.29, 1.82) is 0 Å². The summed E-state index contributed by atoms with van der Waals surface area (Å²) in [7, 11) is 2.12. The maximum Gasteiger partial charge on any atom is 0.405 e. The molecule has 2 aliphatic heterocycles. The zero-order valence-electron chi connectivity index (χ0n) is 27.0. The van der Waals surface area contributed by atoms with Crippen LogP contribution in [0.3, 0.4) is 0 Å². The van der Waals surface area contributed by atoms with Crippen LogP contribution < -0.4 is 15.5 Å². The van der Waals surface area contributed by atoms with Crippen LogP contribution in [0.25, 0.3) is 11.1 Å². The highest BCUT2D eigenvalue weighted by Crippen LogP contribution is 2.51. The van der Waals surface area contributed by atoms with Gasteiger partial charge in [0.05, 0.1) is 5.56 Å². The molecule has 0 aromatic heterocycles. The second-order valence-corrected chi connectivity index (χ2v) is 13.1. The number of halogens is 3. The van der Waals surface area contributed by atoms with E-state index in [1.807, 2.05) is 72.8 Å². The standard InChI is InChI=1S/C37H44F3N5O2/c1-43-22-24-45(25-23-43)33-15-7-4-12-30(33)34(46)42-27-16-20-44(21-17-27)19-9-8-18-36(35(47)41-26-37(38,39)40)31-13-5-2-10-28(31)29-11-3-6-14-32(29)36/h2-7,10-15,27H,8-9,16-26H2,1H3,(H,41,47)(H,42,46). The van der Waals surface area contributed by atoms with Gasteiger partial charge in [-0.15, -0.1) is 0 Å². The Balaban J connectivity index is 1.04. The van der Waals surface area contributed by atoms with Crippen LogP contribution in [0.2, 0.25) is 0 Å². The number of unbranched alkanes of at least 4 members (excludes halogenated alkanes) is 1. The van der Waals surface area contributed by atoms with E-state index in [-0.39, 0.29) is 11.9 Å². The van der Waals surface area contributed by atoms with Crippen molar-refractivity contribution in [3.63, 3.8) is 0 Å². The maximum absolute atomic E-state index is 13.7. The van der Waals surface area contributed by atoms with E-state index in [1.54, 1.807) is 0 Å². The van der Waals surface area contributed by atoms with Crippen LogP contribution in [0.1, 0.15) is 53.6 Å². The fourth-order valence-corrected chi connectivity index (χ4v) is 7.56. The van der Waals surface area contributed by atoms with Crippen molar-refractivity contribution in [1.82, 2.24) is 20.4 Å². The van der Waals surface area contributed by atoms with Crippen LogP contribution in [-0.4, -0.2) is 93.2 Å². The highest BCUT2D eigenvalue weighted by molar-refractivity contribution is 6.01. The van der Waals surface area contributed by atoms with Crippen LogP contribution in [0.15, 0.2) is 72.8 Å². The summed E-state index contributed by atoms with van der Waals surface area (Å²) < 4.78 is 39.5. The number of carbonyl (C=O) groups excluding carboxylic acids is 2. The number of nitrogens with one attached hydrogen (secondary N) is 2. The average Bonchev–Trinajstić information content (AvgIpc) is 3.37. The molecule has 2 saturated heterocycles. The second kappa shape index (κ2) is 14.1. The van der Waals surface area contributed by atoms with Crippen LogP contribution in [0.4, 0.5) is 18.9 Å². The first-order valence-electron chi connectivity index (χ1n) is 16.8. The van der Waals surface area contributed by atoms with Crippen molar-refractivity contribution in [2.24, 2.45) is 0 Å². The van der Waals surface area contributed by atoms with Crippen LogP contribution in [0.5, 0.6) is 0 Å². The molecule has 2 N–H and O–H groups in total. The molecule has 0 atom stereocenters. The summed E-state index contributed by atoms with van der Waals surface area (Å²) in [6, 6.07) is 23.1. The van der Waals surface area contributed by atoms with Gasteiger partial charge < -0.3 is 25.3 Å². The largest absolute Gasteiger partial charge is 0.405 e. The molecule has 3 aromatic rings. The van der Waals surface area contributed by atoms with Crippen LogP contribution in [0, 0.1) is 0 Å². The fraction of sp³-hybridized carbons (Fsp3) is 0.459. The number of amides is 2. The molecule has 6 rings (SSSR count). The van der Waals surface area contributed by atoms with E-state index in [9.17, 15) is 22.8 Å². The van der Waals surface area contributed by atoms with E-state index in [0.29, 0.717) is 12.8 Å².